The Morgan fingerprint density at radius 2 is 2.11 bits per heavy atom. The second-order valence-electron chi connectivity index (χ2n) is 4.25. The van der Waals surface area contributed by atoms with Gasteiger partial charge in [-0.1, -0.05) is 18.2 Å². The van der Waals surface area contributed by atoms with E-state index in [1.807, 2.05) is 24.3 Å². The van der Waals surface area contributed by atoms with Crippen LogP contribution in [0.15, 0.2) is 35.1 Å². The van der Waals surface area contributed by atoms with Crippen molar-refractivity contribution in [2.45, 2.75) is 6.42 Å². The van der Waals surface area contributed by atoms with Crippen LogP contribution in [0.3, 0.4) is 0 Å². The van der Waals surface area contributed by atoms with Crippen LogP contribution in [0, 0.1) is 0 Å². The number of rotatable bonds is 5. The molecule has 0 aliphatic carbocycles. The Bertz CT molecular complexity index is 590. The molecule has 0 fully saturated rings. The molecule has 0 aliphatic rings. The summed E-state index contributed by atoms with van der Waals surface area (Å²) in [6.45, 7) is 1.51. The van der Waals surface area contributed by atoms with Crippen molar-refractivity contribution in [2.75, 3.05) is 25.6 Å². The van der Waals surface area contributed by atoms with Gasteiger partial charge in [0.1, 0.15) is 0 Å². The molecule has 1 N–H and O–H groups in total. The quantitative estimate of drug-likeness (QED) is 0.820. The number of para-hydroxylation sites is 1. The molecule has 2 rings (SSSR count). The molecule has 1 aromatic heterocycles. The topological polar surface area (TPSA) is 43.3 Å². The van der Waals surface area contributed by atoms with Crippen molar-refractivity contribution in [3.05, 3.63) is 40.7 Å². The number of fused-ring (bicyclic) bond motifs is 1. The van der Waals surface area contributed by atoms with E-state index in [1.54, 1.807) is 24.8 Å². The Hall–Kier alpha value is -1.81. The summed E-state index contributed by atoms with van der Waals surface area (Å²) in [7, 11) is 3.48. The van der Waals surface area contributed by atoms with Crippen molar-refractivity contribution >= 4 is 16.6 Å². The SMILES string of the molecule is COCCCNc1cc(=O)n(C)c2ccccc12. The Labute approximate surface area is 106 Å². The minimum atomic E-state index is 0.00272. The molecule has 0 saturated heterocycles. The lowest BCUT2D eigenvalue weighted by Crippen LogP contribution is -2.18. The standard InChI is InChI=1S/C14H18N2O2/c1-16-13-7-4-3-6-11(13)12(10-14(16)17)15-8-5-9-18-2/h3-4,6-7,10,15H,5,8-9H2,1-2H3. The number of benzene rings is 1. The van der Waals surface area contributed by atoms with Gasteiger partial charge in [0.15, 0.2) is 0 Å². The maximum absolute atomic E-state index is 11.8. The molecule has 0 amide bonds. The van der Waals surface area contributed by atoms with Crippen LogP contribution in [0.1, 0.15) is 6.42 Å². The van der Waals surface area contributed by atoms with Crippen LogP contribution in [0.5, 0.6) is 0 Å². The minimum absolute atomic E-state index is 0.00272. The molecule has 4 nitrogen and oxygen atoms in total. The Kier molecular flexibility index (Phi) is 3.99. The number of hydrogen-bond donors (Lipinski definition) is 1. The molecule has 4 heteroatoms. The van der Waals surface area contributed by atoms with Crippen LogP contribution in [0.25, 0.3) is 10.9 Å². The van der Waals surface area contributed by atoms with Gasteiger partial charge >= 0.3 is 0 Å². The summed E-state index contributed by atoms with van der Waals surface area (Å²) in [5.74, 6) is 0. The zero-order valence-electron chi connectivity index (χ0n) is 10.8. The molecular weight excluding hydrogens is 228 g/mol. The first-order valence-corrected chi connectivity index (χ1v) is 6.05. The van der Waals surface area contributed by atoms with Gasteiger partial charge in [-0.25, -0.2) is 0 Å². The highest BCUT2D eigenvalue weighted by Gasteiger charge is 2.05. The summed E-state index contributed by atoms with van der Waals surface area (Å²) >= 11 is 0. The van der Waals surface area contributed by atoms with Gasteiger partial charge in [-0.05, 0) is 12.5 Å². The zero-order chi connectivity index (χ0) is 13.0. The third-order valence-corrected chi connectivity index (χ3v) is 2.99. The molecule has 2 aromatic rings. The fourth-order valence-corrected chi connectivity index (χ4v) is 2.00. The number of methoxy groups -OCH3 is 1. The van der Waals surface area contributed by atoms with Crippen LogP contribution < -0.4 is 10.9 Å². The largest absolute Gasteiger partial charge is 0.385 e. The number of nitrogens with one attached hydrogen (secondary N) is 1. The number of aromatic nitrogens is 1. The van der Waals surface area contributed by atoms with E-state index in [4.69, 9.17) is 4.74 Å². The third kappa shape index (κ3) is 2.54. The number of hydrogen-bond acceptors (Lipinski definition) is 3. The molecule has 0 bridgehead atoms. The molecule has 18 heavy (non-hydrogen) atoms. The molecule has 0 radical (unpaired) electrons. The maximum atomic E-state index is 11.8. The van der Waals surface area contributed by atoms with Gasteiger partial charge in [0, 0.05) is 44.4 Å². The molecule has 0 aliphatic heterocycles. The number of aryl methyl sites for hydroxylation is 1. The fraction of sp³-hybridized carbons (Fsp3) is 0.357. The number of pyridine rings is 1. The Balaban J connectivity index is 2.32. The number of ether oxygens (including phenoxy) is 1. The normalized spacial score (nSPS) is 10.8. The van der Waals surface area contributed by atoms with Gasteiger partial charge in [-0.3, -0.25) is 4.79 Å². The highest BCUT2D eigenvalue weighted by atomic mass is 16.5. The van der Waals surface area contributed by atoms with Crippen molar-refractivity contribution in [2.24, 2.45) is 7.05 Å². The van der Waals surface area contributed by atoms with E-state index >= 15 is 0 Å². The summed E-state index contributed by atoms with van der Waals surface area (Å²) in [4.78, 5) is 11.8. The Morgan fingerprint density at radius 1 is 1.33 bits per heavy atom. The lowest BCUT2D eigenvalue weighted by atomic mass is 10.2. The van der Waals surface area contributed by atoms with Gasteiger partial charge in [-0.15, -0.1) is 0 Å². The van der Waals surface area contributed by atoms with E-state index in [9.17, 15) is 4.79 Å². The van der Waals surface area contributed by atoms with Crippen LogP contribution in [0.2, 0.25) is 0 Å². The fourth-order valence-electron chi connectivity index (χ4n) is 2.00. The van der Waals surface area contributed by atoms with Crippen LogP contribution in [-0.4, -0.2) is 24.8 Å². The van der Waals surface area contributed by atoms with Crippen molar-refractivity contribution in [1.82, 2.24) is 4.57 Å². The predicted molar refractivity (Wildman–Crippen MR) is 74.2 cm³/mol. The lowest BCUT2D eigenvalue weighted by molar-refractivity contribution is 0.198. The lowest BCUT2D eigenvalue weighted by Gasteiger charge is -2.11. The maximum Gasteiger partial charge on any atom is 0.252 e. The molecular formula is C14H18N2O2. The van der Waals surface area contributed by atoms with Crippen LogP contribution >= 0.6 is 0 Å². The minimum Gasteiger partial charge on any atom is -0.385 e. The number of anilines is 1. The van der Waals surface area contributed by atoms with Crippen molar-refractivity contribution in [3.8, 4) is 0 Å². The third-order valence-electron chi connectivity index (χ3n) is 2.99. The van der Waals surface area contributed by atoms with E-state index < -0.39 is 0 Å². The van der Waals surface area contributed by atoms with E-state index in [1.165, 1.54) is 0 Å². The number of nitrogens with zero attached hydrogens (tertiary/aromatic N) is 1. The first kappa shape index (κ1) is 12.6. The monoisotopic (exact) mass is 246 g/mol. The second-order valence-corrected chi connectivity index (χ2v) is 4.25. The van der Waals surface area contributed by atoms with E-state index in [0.29, 0.717) is 0 Å². The molecule has 0 saturated carbocycles. The van der Waals surface area contributed by atoms with E-state index in [-0.39, 0.29) is 5.56 Å². The van der Waals surface area contributed by atoms with Crippen LogP contribution in [-0.2, 0) is 11.8 Å². The van der Waals surface area contributed by atoms with E-state index in [2.05, 4.69) is 5.32 Å². The summed E-state index contributed by atoms with van der Waals surface area (Å²) in [5.41, 5.74) is 1.84. The van der Waals surface area contributed by atoms with E-state index in [0.717, 1.165) is 36.2 Å². The highest BCUT2D eigenvalue weighted by molar-refractivity contribution is 5.91. The van der Waals surface area contributed by atoms with Gasteiger partial charge in [0.2, 0.25) is 0 Å². The van der Waals surface area contributed by atoms with Gasteiger partial charge in [0.05, 0.1) is 5.52 Å². The van der Waals surface area contributed by atoms with Gasteiger partial charge in [-0.2, -0.15) is 0 Å². The second kappa shape index (κ2) is 5.69. The highest BCUT2D eigenvalue weighted by Crippen LogP contribution is 2.20. The molecule has 1 heterocycles. The zero-order valence-corrected chi connectivity index (χ0v) is 10.8. The van der Waals surface area contributed by atoms with Gasteiger partial charge < -0.3 is 14.6 Å². The predicted octanol–water partition coefficient (Wildman–Crippen LogP) is 1.99. The summed E-state index contributed by atoms with van der Waals surface area (Å²) in [6.07, 6.45) is 0.917. The molecule has 0 unspecified atom stereocenters. The van der Waals surface area contributed by atoms with Crippen LogP contribution in [0.4, 0.5) is 5.69 Å². The summed E-state index contributed by atoms with van der Waals surface area (Å²) in [5, 5.41) is 4.36. The summed E-state index contributed by atoms with van der Waals surface area (Å²) in [6, 6.07) is 9.54. The smallest absolute Gasteiger partial charge is 0.252 e. The van der Waals surface area contributed by atoms with Gasteiger partial charge in [0.25, 0.3) is 5.56 Å². The Morgan fingerprint density at radius 3 is 2.89 bits per heavy atom. The van der Waals surface area contributed by atoms with Crippen molar-refractivity contribution in [3.63, 3.8) is 0 Å². The molecule has 96 valence electrons. The van der Waals surface area contributed by atoms with Crippen molar-refractivity contribution in [1.29, 1.82) is 0 Å². The molecule has 0 atom stereocenters. The molecule has 1 aromatic carbocycles. The first-order chi connectivity index (χ1) is 8.74. The molecule has 0 spiro atoms. The summed E-state index contributed by atoms with van der Waals surface area (Å²) < 4.78 is 6.67. The first-order valence-electron chi connectivity index (χ1n) is 6.05. The average Bonchev–Trinajstić information content (AvgIpc) is 2.40. The van der Waals surface area contributed by atoms with Crippen molar-refractivity contribution < 1.29 is 4.74 Å². The average molecular weight is 246 g/mol.